The van der Waals surface area contributed by atoms with Crippen LogP contribution in [0, 0.1) is 0 Å². The molecule has 2 aromatic heterocycles. The van der Waals surface area contributed by atoms with Gasteiger partial charge in [-0.2, -0.15) is 0 Å². The van der Waals surface area contributed by atoms with Crippen LogP contribution in [0.2, 0.25) is 0 Å². The molecule has 0 N–H and O–H groups in total. The molecule has 5 aromatic carbocycles. The molecule has 0 atom stereocenters. The van der Waals surface area contributed by atoms with Gasteiger partial charge in [-0.1, -0.05) is 98.8 Å². The molecule has 182 valence electrons. The molecule has 0 spiro atoms. The molecule has 2 heterocycles. The molecular formula is C36H28N2. The minimum absolute atomic E-state index is 0.989. The van der Waals surface area contributed by atoms with Crippen molar-refractivity contribution in [2.45, 2.75) is 26.7 Å². The predicted octanol–water partition coefficient (Wildman–Crippen LogP) is 9.55. The second-order valence-corrected chi connectivity index (χ2v) is 10.1. The van der Waals surface area contributed by atoms with E-state index in [1.807, 2.05) is 0 Å². The Hall–Kier alpha value is -4.56. The maximum Gasteiger partial charge on any atom is 0.0787 e. The van der Waals surface area contributed by atoms with E-state index in [1.165, 1.54) is 43.4 Å². The van der Waals surface area contributed by atoms with Crippen LogP contribution in [0.5, 0.6) is 0 Å². The molecule has 7 aromatic rings. The third-order valence-corrected chi connectivity index (χ3v) is 7.78. The Labute approximate surface area is 222 Å². The van der Waals surface area contributed by atoms with Crippen LogP contribution in [0.15, 0.2) is 109 Å². The van der Waals surface area contributed by atoms with Crippen LogP contribution in [0.3, 0.4) is 0 Å². The topological polar surface area (TPSA) is 25.8 Å². The lowest BCUT2D eigenvalue weighted by Gasteiger charge is -2.10. The van der Waals surface area contributed by atoms with Gasteiger partial charge in [0.25, 0.3) is 0 Å². The molecule has 0 unspecified atom stereocenters. The van der Waals surface area contributed by atoms with Crippen molar-refractivity contribution >= 4 is 43.4 Å². The number of nitrogens with zero attached hydrogens (tertiary/aromatic N) is 2. The van der Waals surface area contributed by atoms with Gasteiger partial charge in [-0.15, -0.1) is 0 Å². The number of benzene rings is 5. The quantitative estimate of drug-likeness (QED) is 0.231. The number of rotatable bonds is 4. The van der Waals surface area contributed by atoms with Crippen molar-refractivity contribution in [2.24, 2.45) is 0 Å². The molecule has 7 rings (SSSR count). The molecule has 0 saturated heterocycles. The first-order chi connectivity index (χ1) is 18.7. The highest BCUT2D eigenvalue weighted by molar-refractivity contribution is 6.07. The maximum absolute atomic E-state index is 5.13. The lowest BCUT2D eigenvalue weighted by molar-refractivity contribution is 1.15. The second-order valence-electron chi connectivity index (χ2n) is 10.1. The van der Waals surface area contributed by atoms with Crippen molar-refractivity contribution in [3.8, 4) is 22.5 Å². The molecule has 0 aliphatic rings. The fraction of sp³-hybridized carbons (Fsp3) is 0.111. The maximum atomic E-state index is 5.13. The van der Waals surface area contributed by atoms with Gasteiger partial charge in [-0.3, -0.25) is 0 Å². The highest BCUT2D eigenvalue weighted by atomic mass is 14.7. The van der Waals surface area contributed by atoms with Crippen LogP contribution in [-0.2, 0) is 12.8 Å². The SMILES string of the molecule is CCc1ccc2ccc3ccc(-c4ccc(-c5ccc6ccc7ccc(CC)cc7c6n5)cc4)nc3c2c1. The summed E-state index contributed by atoms with van der Waals surface area (Å²) >= 11 is 0. The summed E-state index contributed by atoms with van der Waals surface area (Å²) in [6, 6.07) is 39.4. The van der Waals surface area contributed by atoms with Gasteiger partial charge in [0.2, 0.25) is 0 Å². The molecule has 0 aliphatic carbocycles. The largest absolute Gasteiger partial charge is 0.247 e. The summed E-state index contributed by atoms with van der Waals surface area (Å²) in [4.78, 5) is 10.3. The minimum Gasteiger partial charge on any atom is -0.247 e. The summed E-state index contributed by atoms with van der Waals surface area (Å²) in [7, 11) is 0. The van der Waals surface area contributed by atoms with Gasteiger partial charge in [-0.25, -0.2) is 9.97 Å². The molecule has 0 saturated carbocycles. The van der Waals surface area contributed by atoms with E-state index in [2.05, 4.69) is 123 Å². The minimum atomic E-state index is 0.989. The third-order valence-electron chi connectivity index (χ3n) is 7.78. The molecule has 0 radical (unpaired) electrons. The van der Waals surface area contributed by atoms with Gasteiger partial charge in [0.15, 0.2) is 0 Å². The van der Waals surface area contributed by atoms with Crippen LogP contribution < -0.4 is 0 Å². The first-order valence-electron chi connectivity index (χ1n) is 13.5. The van der Waals surface area contributed by atoms with Crippen molar-refractivity contribution in [3.05, 3.63) is 120 Å². The smallest absolute Gasteiger partial charge is 0.0787 e. The van der Waals surface area contributed by atoms with Gasteiger partial charge in [0, 0.05) is 32.7 Å². The van der Waals surface area contributed by atoms with E-state index in [4.69, 9.17) is 9.97 Å². The standard InChI is InChI=1S/C36H28N2/c1-3-23-5-7-25-9-15-29-17-19-33(37-35(29)31(25)21-23)27-11-13-28(14-12-27)34-20-18-30-16-10-26-8-6-24(4-2)22-32(26)36(30)38-34/h5-22H,3-4H2,1-2H3. The molecule has 2 nitrogen and oxygen atoms in total. The van der Waals surface area contributed by atoms with Gasteiger partial charge in [-0.05, 0) is 59.0 Å². The Morgan fingerprint density at radius 2 is 0.789 bits per heavy atom. The number of pyridine rings is 2. The fourth-order valence-electron chi connectivity index (χ4n) is 5.48. The monoisotopic (exact) mass is 488 g/mol. The highest BCUT2D eigenvalue weighted by Gasteiger charge is 2.09. The zero-order valence-corrected chi connectivity index (χ0v) is 21.7. The Morgan fingerprint density at radius 3 is 1.21 bits per heavy atom. The van der Waals surface area contributed by atoms with Crippen LogP contribution in [0.4, 0.5) is 0 Å². The summed E-state index contributed by atoms with van der Waals surface area (Å²) < 4.78 is 0. The highest BCUT2D eigenvalue weighted by Crippen LogP contribution is 2.31. The number of hydrogen-bond donors (Lipinski definition) is 0. The predicted molar refractivity (Wildman–Crippen MR) is 162 cm³/mol. The van der Waals surface area contributed by atoms with Crippen molar-refractivity contribution in [3.63, 3.8) is 0 Å². The molecule has 0 bridgehead atoms. The van der Waals surface area contributed by atoms with E-state index in [0.29, 0.717) is 0 Å². The van der Waals surface area contributed by atoms with E-state index in [-0.39, 0.29) is 0 Å². The van der Waals surface area contributed by atoms with Crippen LogP contribution in [-0.4, -0.2) is 9.97 Å². The van der Waals surface area contributed by atoms with E-state index >= 15 is 0 Å². The van der Waals surface area contributed by atoms with Crippen LogP contribution >= 0.6 is 0 Å². The first kappa shape index (κ1) is 22.6. The molecular weight excluding hydrogens is 460 g/mol. The third kappa shape index (κ3) is 3.81. The lowest BCUT2D eigenvalue weighted by Crippen LogP contribution is -1.90. The van der Waals surface area contributed by atoms with Gasteiger partial charge in [0.05, 0.1) is 22.4 Å². The number of fused-ring (bicyclic) bond motifs is 6. The van der Waals surface area contributed by atoms with E-state index < -0.39 is 0 Å². The summed E-state index contributed by atoms with van der Waals surface area (Å²) in [6.45, 7) is 4.39. The molecule has 0 amide bonds. The Kier molecular flexibility index (Phi) is 5.40. The average molecular weight is 489 g/mol. The summed E-state index contributed by atoms with van der Waals surface area (Å²) in [5.74, 6) is 0. The lowest BCUT2D eigenvalue weighted by atomic mass is 10.0. The number of aryl methyl sites for hydroxylation is 2. The van der Waals surface area contributed by atoms with E-state index in [0.717, 1.165) is 46.4 Å². The van der Waals surface area contributed by atoms with Crippen molar-refractivity contribution < 1.29 is 0 Å². The molecule has 0 aliphatic heterocycles. The average Bonchev–Trinajstić information content (AvgIpc) is 3.00. The normalized spacial score (nSPS) is 11.6. The molecule has 0 fully saturated rings. The molecule has 2 heteroatoms. The van der Waals surface area contributed by atoms with Crippen LogP contribution in [0.1, 0.15) is 25.0 Å². The number of aromatic nitrogens is 2. The Morgan fingerprint density at radius 1 is 0.421 bits per heavy atom. The first-order valence-corrected chi connectivity index (χ1v) is 13.5. The van der Waals surface area contributed by atoms with Gasteiger partial charge >= 0.3 is 0 Å². The van der Waals surface area contributed by atoms with E-state index in [1.54, 1.807) is 0 Å². The van der Waals surface area contributed by atoms with E-state index in [9.17, 15) is 0 Å². The zero-order valence-electron chi connectivity index (χ0n) is 21.7. The van der Waals surface area contributed by atoms with Gasteiger partial charge < -0.3 is 0 Å². The second kappa shape index (κ2) is 9.08. The number of hydrogen-bond acceptors (Lipinski definition) is 2. The Balaban J connectivity index is 1.30. The summed E-state index contributed by atoms with van der Waals surface area (Å²) in [5, 5.41) is 7.25. The van der Waals surface area contributed by atoms with Crippen molar-refractivity contribution in [2.75, 3.05) is 0 Å². The zero-order chi connectivity index (χ0) is 25.6. The Bertz CT molecular complexity index is 1840. The van der Waals surface area contributed by atoms with Crippen LogP contribution in [0.25, 0.3) is 65.9 Å². The van der Waals surface area contributed by atoms with Crippen molar-refractivity contribution in [1.82, 2.24) is 9.97 Å². The van der Waals surface area contributed by atoms with Gasteiger partial charge in [0.1, 0.15) is 0 Å². The molecule has 38 heavy (non-hydrogen) atoms. The summed E-state index contributed by atoms with van der Waals surface area (Å²) in [6.07, 6.45) is 2.04. The fourth-order valence-corrected chi connectivity index (χ4v) is 5.48. The van der Waals surface area contributed by atoms with Crippen molar-refractivity contribution in [1.29, 1.82) is 0 Å². The summed E-state index contributed by atoms with van der Waals surface area (Å²) in [5.41, 5.74) is 9.00.